The van der Waals surface area contributed by atoms with E-state index in [4.69, 9.17) is 23.2 Å². The van der Waals surface area contributed by atoms with E-state index in [9.17, 15) is 0 Å². The van der Waals surface area contributed by atoms with Crippen molar-refractivity contribution in [2.75, 3.05) is 0 Å². The summed E-state index contributed by atoms with van der Waals surface area (Å²) < 4.78 is 0. The number of rotatable bonds is 0. The molecule has 0 fully saturated rings. The number of aromatic nitrogens is 2. The SMILES string of the molecule is Clc1c[nH]c(Cl)c1.c1ccncc1. The Morgan fingerprint density at radius 3 is 1.92 bits per heavy atom. The number of nitrogens with one attached hydrogen (secondary N) is 1. The third kappa shape index (κ3) is 4.55. The van der Waals surface area contributed by atoms with Crippen molar-refractivity contribution in [3.63, 3.8) is 0 Å². The lowest BCUT2D eigenvalue weighted by Crippen LogP contribution is -1.58. The van der Waals surface area contributed by atoms with Crippen LogP contribution in [-0.4, -0.2) is 9.97 Å². The zero-order chi connectivity index (χ0) is 9.52. The molecule has 1 N–H and O–H groups in total. The minimum Gasteiger partial charge on any atom is -0.351 e. The number of nitrogens with zero attached hydrogens (tertiary/aromatic N) is 1. The third-order valence-corrected chi connectivity index (χ3v) is 1.62. The maximum atomic E-state index is 5.44. The van der Waals surface area contributed by atoms with E-state index >= 15 is 0 Å². The van der Waals surface area contributed by atoms with Crippen molar-refractivity contribution in [1.29, 1.82) is 0 Å². The van der Waals surface area contributed by atoms with Crippen molar-refractivity contribution in [2.24, 2.45) is 0 Å². The van der Waals surface area contributed by atoms with Gasteiger partial charge in [-0.15, -0.1) is 0 Å². The van der Waals surface area contributed by atoms with Crippen molar-refractivity contribution in [3.05, 3.63) is 53.0 Å². The van der Waals surface area contributed by atoms with Crippen LogP contribution in [0.2, 0.25) is 10.2 Å². The van der Waals surface area contributed by atoms with Gasteiger partial charge in [0.2, 0.25) is 0 Å². The number of aromatic amines is 1. The summed E-state index contributed by atoms with van der Waals surface area (Å²) in [6.45, 7) is 0. The van der Waals surface area contributed by atoms with Gasteiger partial charge in [-0.2, -0.15) is 0 Å². The maximum Gasteiger partial charge on any atom is 0.107 e. The van der Waals surface area contributed by atoms with Crippen molar-refractivity contribution in [2.45, 2.75) is 0 Å². The summed E-state index contributed by atoms with van der Waals surface area (Å²) in [6.07, 6.45) is 5.13. The van der Waals surface area contributed by atoms with Crippen LogP contribution >= 0.6 is 23.2 Å². The zero-order valence-electron chi connectivity index (χ0n) is 6.74. The monoisotopic (exact) mass is 214 g/mol. The van der Waals surface area contributed by atoms with Gasteiger partial charge in [0.1, 0.15) is 5.15 Å². The quantitative estimate of drug-likeness (QED) is 0.716. The summed E-state index contributed by atoms with van der Waals surface area (Å²) in [5, 5.41) is 1.22. The van der Waals surface area contributed by atoms with Crippen molar-refractivity contribution in [3.8, 4) is 0 Å². The van der Waals surface area contributed by atoms with Crippen LogP contribution in [0.5, 0.6) is 0 Å². The molecule has 0 unspecified atom stereocenters. The predicted octanol–water partition coefficient (Wildman–Crippen LogP) is 3.40. The van der Waals surface area contributed by atoms with Gasteiger partial charge in [0.25, 0.3) is 0 Å². The maximum absolute atomic E-state index is 5.44. The fourth-order valence-corrected chi connectivity index (χ4v) is 1.05. The van der Waals surface area contributed by atoms with Gasteiger partial charge in [0, 0.05) is 18.6 Å². The molecule has 68 valence electrons. The summed E-state index contributed by atoms with van der Waals surface area (Å²) in [5.41, 5.74) is 0. The van der Waals surface area contributed by atoms with E-state index in [1.807, 2.05) is 18.2 Å². The van der Waals surface area contributed by atoms with Crippen molar-refractivity contribution < 1.29 is 0 Å². The average molecular weight is 215 g/mol. The topological polar surface area (TPSA) is 28.7 Å². The van der Waals surface area contributed by atoms with Crippen LogP contribution < -0.4 is 0 Å². The Morgan fingerprint density at radius 1 is 1.08 bits per heavy atom. The van der Waals surface area contributed by atoms with Gasteiger partial charge in [0.05, 0.1) is 5.02 Å². The van der Waals surface area contributed by atoms with Crippen LogP contribution in [0.3, 0.4) is 0 Å². The first kappa shape index (κ1) is 10.1. The first-order valence-electron chi connectivity index (χ1n) is 3.63. The highest BCUT2D eigenvalue weighted by Gasteiger charge is 1.87. The van der Waals surface area contributed by atoms with Crippen LogP contribution in [0.15, 0.2) is 42.9 Å². The molecule has 0 atom stereocenters. The largest absolute Gasteiger partial charge is 0.351 e. The summed E-state index contributed by atoms with van der Waals surface area (Å²) in [5.74, 6) is 0. The molecular weight excluding hydrogens is 207 g/mol. The Hall–Kier alpha value is -0.990. The highest BCUT2D eigenvalue weighted by atomic mass is 35.5. The Morgan fingerprint density at radius 2 is 1.77 bits per heavy atom. The Kier molecular flexibility index (Phi) is 4.36. The molecule has 0 spiro atoms. The molecular formula is C9H8Cl2N2. The molecule has 0 aromatic carbocycles. The van der Waals surface area contributed by atoms with Crippen molar-refractivity contribution >= 4 is 23.2 Å². The molecule has 2 aromatic heterocycles. The molecule has 2 nitrogen and oxygen atoms in total. The molecule has 4 heteroatoms. The molecule has 0 radical (unpaired) electrons. The number of halogens is 2. The summed E-state index contributed by atoms with van der Waals surface area (Å²) in [4.78, 5) is 6.49. The van der Waals surface area contributed by atoms with Crippen LogP contribution in [0.1, 0.15) is 0 Å². The second-order valence-electron chi connectivity index (χ2n) is 2.19. The molecule has 2 aromatic rings. The average Bonchev–Trinajstić information content (AvgIpc) is 2.54. The number of H-pyrrole nitrogens is 1. The smallest absolute Gasteiger partial charge is 0.107 e. The third-order valence-electron chi connectivity index (χ3n) is 1.18. The van der Waals surface area contributed by atoms with Crippen LogP contribution in [0, 0.1) is 0 Å². The second kappa shape index (κ2) is 5.62. The molecule has 0 saturated carbocycles. The lowest BCUT2D eigenvalue weighted by molar-refractivity contribution is 1.33. The summed E-state index contributed by atoms with van der Waals surface area (Å²) in [6, 6.07) is 7.36. The van der Waals surface area contributed by atoms with Gasteiger partial charge in [-0.25, -0.2) is 0 Å². The van der Waals surface area contributed by atoms with Gasteiger partial charge in [-0.1, -0.05) is 29.3 Å². The normalized spacial score (nSPS) is 8.77. The molecule has 0 saturated heterocycles. The number of hydrogen-bond donors (Lipinski definition) is 1. The van der Waals surface area contributed by atoms with E-state index in [2.05, 4.69) is 9.97 Å². The Bertz CT molecular complexity index is 289. The molecule has 13 heavy (non-hydrogen) atoms. The first-order valence-corrected chi connectivity index (χ1v) is 4.39. The van der Waals surface area contributed by atoms with Crippen LogP contribution in [0.25, 0.3) is 0 Å². The standard InChI is InChI=1S/C5H5N.C4H3Cl2N/c1-2-4-6-5-3-1;5-3-1-4(6)7-2-3/h1-5H;1-2,7H. The van der Waals surface area contributed by atoms with Gasteiger partial charge in [0.15, 0.2) is 0 Å². The van der Waals surface area contributed by atoms with E-state index in [0.717, 1.165) is 0 Å². The lowest BCUT2D eigenvalue weighted by atomic mass is 10.5. The number of hydrogen-bond acceptors (Lipinski definition) is 1. The van der Waals surface area contributed by atoms with Gasteiger partial charge in [-0.05, 0) is 18.2 Å². The van der Waals surface area contributed by atoms with Gasteiger partial charge >= 0.3 is 0 Å². The summed E-state index contributed by atoms with van der Waals surface area (Å²) in [7, 11) is 0. The lowest BCUT2D eigenvalue weighted by Gasteiger charge is -1.70. The van der Waals surface area contributed by atoms with E-state index in [0.29, 0.717) is 10.2 Å². The first-order chi connectivity index (χ1) is 6.29. The molecule has 0 aliphatic heterocycles. The molecule has 0 amide bonds. The minimum absolute atomic E-state index is 0.574. The predicted molar refractivity (Wildman–Crippen MR) is 55.0 cm³/mol. The Labute approximate surface area is 86.5 Å². The molecule has 2 heterocycles. The van der Waals surface area contributed by atoms with E-state index in [1.54, 1.807) is 24.7 Å². The molecule has 0 aliphatic rings. The van der Waals surface area contributed by atoms with Crippen molar-refractivity contribution in [1.82, 2.24) is 9.97 Å². The fourth-order valence-electron chi connectivity index (χ4n) is 0.655. The van der Waals surface area contributed by atoms with Gasteiger partial charge in [-0.3, -0.25) is 4.98 Å². The van der Waals surface area contributed by atoms with Crippen LogP contribution in [-0.2, 0) is 0 Å². The fraction of sp³-hybridized carbons (Fsp3) is 0. The van der Waals surface area contributed by atoms with E-state index in [1.165, 1.54) is 0 Å². The minimum atomic E-state index is 0.574. The molecule has 0 bridgehead atoms. The second-order valence-corrected chi connectivity index (χ2v) is 3.03. The highest BCUT2D eigenvalue weighted by molar-refractivity contribution is 6.34. The van der Waals surface area contributed by atoms with Crippen LogP contribution in [0.4, 0.5) is 0 Å². The zero-order valence-corrected chi connectivity index (χ0v) is 8.26. The number of pyridine rings is 1. The Balaban J connectivity index is 0.000000132. The molecule has 2 rings (SSSR count). The molecule has 0 aliphatic carbocycles. The highest BCUT2D eigenvalue weighted by Crippen LogP contribution is 2.12. The summed E-state index contributed by atoms with van der Waals surface area (Å²) >= 11 is 10.9. The van der Waals surface area contributed by atoms with E-state index in [-0.39, 0.29) is 0 Å². The van der Waals surface area contributed by atoms with Gasteiger partial charge < -0.3 is 4.98 Å². The van der Waals surface area contributed by atoms with E-state index < -0.39 is 0 Å².